The molecule has 0 aromatic heterocycles. The smallest absolute Gasteiger partial charge is 0.308 e. The van der Waals surface area contributed by atoms with E-state index in [1.807, 2.05) is 27.7 Å². The Hall–Kier alpha value is -0.890. The molecule has 0 aliphatic carbocycles. The van der Waals surface area contributed by atoms with Gasteiger partial charge in [0.25, 0.3) is 0 Å². The quantitative estimate of drug-likeness (QED) is 0.182. The fourth-order valence-electron chi connectivity index (χ4n) is 9.37. The molecule has 4 rings (SSSR count). The Bertz CT molecular complexity index is 1040. The van der Waals surface area contributed by atoms with Gasteiger partial charge >= 0.3 is 5.97 Å². The Morgan fingerprint density at radius 1 is 1.04 bits per heavy atom. The van der Waals surface area contributed by atoms with Gasteiger partial charge in [0.05, 0.1) is 72.6 Å². The number of methoxy groups -OCH3 is 1. The summed E-state index contributed by atoms with van der Waals surface area (Å²) in [5.41, 5.74) is -1.18. The van der Waals surface area contributed by atoms with Crippen molar-refractivity contribution in [1.82, 2.24) is 0 Å². The van der Waals surface area contributed by atoms with Crippen molar-refractivity contribution < 1.29 is 54.0 Å². The van der Waals surface area contributed by atoms with Gasteiger partial charge in [0, 0.05) is 31.8 Å². The van der Waals surface area contributed by atoms with Gasteiger partial charge in [0.15, 0.2) is 5.79 Å². The molecule has 0 unspecified atom stereocenters. The van der Waals surface area contributed by atoms with Crippen molar-refractivity contribution in [3.05, 3.63) is 0 Å². The van der Waals surface area contributed by atoms with Crippen LogP contribution in [0.15, 0.2) is 0 Å². The fraction of sp³-hybridized carbons (Fsp3) is 0.972. The van der Waals surface area contributed by atoms with Gasteiger partial charge in [-0.2, -0.15) is 0 Å². The van der Waals surface area contributed by atoms with Gasteiger partial charge in [-0.3, -0.25) is 4.79 Å². The second kappa shape index (κ2) is 15.2. The minimum Gasteiger partial charge on any atom is -0.481 e. The van der Waals surface area contributed by atoms with Crippen molar-refractivity contribution in [2.45, 2.75) is 173 Å². The minimum atomic E-state index is -1.01. The van der Waals surface area contributed by atoms with Crippen LogP contribution >= 0.6 is 0 Å². The molecule has 4 fully saturated rings. The molecular weight excluding hydrogens is 608 g/mol. The van der Waals surface area contributed by atoms with E-state index >= 15 is 0 Å². The van der Waals surface area contributed by atoms with Crippen LogP contribution in [0.1, 0.15) is 107 Å². The van der Waals surface area contributed by atoms with Crippen molar-refractivity contribution in [3.8, 4) is 0 Å². The molecule has 17 atom stereocenters. The predicted octanol–water partition coefficient (Wildman–Crippen LogP) is 3.91. The number of carboxylic acids is 1. The highest BCUT2D eigenvalue weighted by Gasteiger charge is 2.61. The van der Waals surface area contributed by atoms with Crippen LogP contribution in [0.3, 0.4) is 0 Å². The van der Waals surface area contributed by atoms with Gasteiger partial charge < -0.3 is 49.2 Å². The maximum Gasteiger partial charge on any atom is 0.308 e. The lowest BCUT2D eigenvalue weighted by Crippen LogP contribution is -2.57. The summed E-state index contributed by atoms with van der Waals surface area (Å²) < 4.78 is 33.0. The average Bonchev–Trinajstić information content (AvgIpc) is 3.74. The first-order valence-electron chi connectivity index (χ1n) is 18.1. The fourth-order valence-corrected chi connectivity index (χ4v) is 9.37. The van der Waals surface area contributed by atoms with E-state index in [9.17, 15) is 30.3 Å². The first-order valence-corrected chi connectivity index (χ1v) is 18.1. The number of carbonyl (C=O) groups is 1. The van der Waals surface area contributed by atoms with Gasteiger partial charge in [0.1, 0.15) is 0 Å². The molecule has 47 heavy (non-hydrogen) atoms. The molecule has 1 spiro atoms. The summed E-state index contributed by atoms with van der Waals surface area (Å²) in [6.07, 6.45) is 1.28. The highest BCUT2D eigenvalue weighted by molar-refractivity contribution is 5.70. The number of hydrogen-bond donors (Lipinski definition) is 5. The maximum atomic E-state index is 11.8. The Kier molecular flexibility index (Phi) is 12.5. The van der Waals surface area contributed by atoms with E-state index in [2.05, 4.69) is 20.8 Å². The van der Waals surface area contributed by atoms with Crippen molar-refractivity contribution in [2.24, 2.45) is 35.5 Å². The summed E-state index contributed by atoms with van der Waals surface area (Å²) in [6.45, 7) is 15.4. The van der Waals surface area contributed by atoms with E-state index in [4.69, 9.17) is 23.7 Å². The standard InChI is InChI=1S/C36H64O11/c1-10-35(32-21(4)16-27(44-32)29(40)20(3)15-19(2)26(39)18-37)12-11-28(45-35)34(8)13-14-36(47-34)17-25(38)22(5)31(46-36)23(6)30(43-9)24(7)33(41)42/h19-32,37-40H,10-18H2,1-9H3,(H,41,42)/t19-,20+,21+,22-,23+,24+,25+,26-,27-,28-,29+,30-,31+,32-,34+,35+,36-/m1/s1. The third kappa shape index (κ3) is 7.73. The lowest BCUT2D eigenvalue weighted by atomic mass is 9.78. The number of rotatable bonds is 14. The predicted molar refractivity (Wildman–Crippen MR) is 174 cm³/mol. The van der Waals surface area contributed by atoms with Crippen LogP contribution in [0, 0.1) is 35.5 Å². The molecule has 5 N–H and O–H groups in total. The Morgan fingerprint density at radius 3 is 2.32 bits per heavy atom. The van der Waals surface area contributed by atoms with E-state index in [0.717, 1.165) is 19.3 Å². The Labute approximate surface area is 281 Å². The lowest BCUT2D eigenvalue weighted by Gasteiger charge is -2.48. The molecule has 0 aromatic rings. The van der Waals surface area contributed by atoms with Gasteiger partial charge in [-0.05, 0) is 70.1 Å². The number of aliphatic carboxylic acids is 1. The van der Waals surface area contributed by atoms with Crippen LogP contribution in [0.4, 0.5) is 0 Å². The number of aliphatic hydroxyl groups excluding tert-OH is 4. The summed E-state index contributed by atoms with van der Waals surface area (Å²) in [7, 11) is 1.52. The summed E-state index contributed by atoms with van der Waals surface area (Å²) in [4.78, 5) is 11.8. The van der Waals surface area contributed by atoms with E-state index in [0.29, 0.717) is 32.1 Å². The molecule has 0 amide bonds. The number of hydrogen-bond acceptors (Lipinski definition) is 10. The molecule has 4 aliphatic heterocycles. The zero-order valence-electron chi connectivity index (χ0n) is 30.1. The average molecular weight is 673 g/mol. The van der Waals surface area contributed by atoms with Crippen LogP contribution in [-0.4, -0.2) is 111 Å². The highest BCUT2D eigenvalue weighted by atomic mass is 16.7. The third-order valence-corrected chi connectivity index (χ3v) is 12.6. The van der Waals surface area contributed by atoms with Crippen molar-refractivity contribution >= 4 is 5.97 Å². The second-order valence-electron chi connectivity index (χ2n) is 16.0. The molecule has 4 heterocycles. The molecule has 274 valence electrons. The molecule has 4 saturated heterocycles. The van der Waals surface area contributed by atoms with Gasteiger partial charge in [-0.15, -0.1) is 0 Å². The molecule has 0 saturated carbocycles. The van der Waals surface area contributed by atoms with Gasteiger partial charge in [-0.1, -0.05) is 41.5 Å². The monoisotopic (exact) mass is 672 g/mol. The highest BCUT2D eigenvalue weighted by Crippen LogP contribution is 2.54. The number of ether oxygens (including phenoxy) is 5. The number of aliphatic hydroxyl groups is 4. The summed E-state index contributed by atoms with van der Waals surface area (Å²) in [5, 5.41) is 51.5. The van der Waals surface area contributed by atoms with Crippen LogP contribution < -0.4 is 0 Å². The lowest BCUT2D eigenvalue weighted by molar-refractivity contribution is -0.335. The molecule has 11 heteroatoms. The summed E-state index contributed by atoms with van der Waals surface area (Å²) in [5.74, 6) is -3.28. The van der Waals surface area contributed by atoms with E-state index in [-0.39, 0.29) is 54.5 Å². The molecule has 4 aliphatic rings. The molecule has 11 nitrogen and oxygen atoms in total. The first-order chi connectivity index (χ1) is 22.0. The molecular formula is C36H64O11. The van der Waals surface area contributed by atoms with Gasteiger partial charge in [0.2, 0.25) is 0 Å². The van der Waals surface area contributed by atoms with E-state index in [1.165, 1.54) is 7.11 Å². The topological polar surface area (TPSA) is 164 Å². The van der Waals surface area contributed by atoms with Crippen LogP contribution in [0.25, 0.3) is 0 Å². The molecule has 0 bridgehead atoms. The summed E-state index contributed by atoms with van der Waals surface area (Å²) >= 11 is 0. The van der Waals surface area contributed by atoms with Crippen LogP contribution in [0.5, 0.6) is 0 Å². The molecule has 0 radical (unpaired) electrons. The van der Waals surface area contributed by atoms with Crippen LogP contribution in [0.2, 0.25) is 0 Å². The van der Waals surface area contributed by atoms with E-state index in [1.54, 1.807) is 6.92 Å². The maximum absolute atomic E-state index is 11.8. The van der Waals surface area contributed by atoms with Crippen molar-refractivity contribution in [2.75, 3.05) is 13.7 Å². The Morgan fingerprint density at radius 2 is 1.72 bits per heavy atom. The van der Waals surface area contributed by atoms with Crippen molar-refractivity contribution in [3.63, 3.8) is 0 Å². The largest absolute Gasteiger partial charge is 0.481 e. The van der Waals surface area contributed by atoms with Crippen molar-refractivity contribution in [1.29, 1.82) is 0 Å². The zero-order chi connectivity index (χ0) is 35.1. The summed E-state index contributed by atoms with van der Waals surface area (Å²) in [6, 6.07) is 0. The third-order valence-electron chi connectivity index (χ3n) is 12.6. The zero-order valence-corrected chi connectivity index (χ0v) is 30.1. The first kappa shape index (κ1) is 38.9. The van der Waals surface area contributed by atoms with Gasteiger partial charge in [-0.25, -0.2) is 0 Å². The Balaban J connectivity index is 1.44. The van der Waals surface area contributed by atoms with E-state index < -0.39 is 59.4 Å². The SMILES string of the molecule is CC[C@@]1([C@@H]2O[C@@H]([C@@H](O)[C@@H](C)C[C@@H](C)[C@H](O)CO)C[C@@H]2C)CC[C@H]([C@]2(C)CC[C@]3(C[C@H](O)[C@@H](C)[C@@H]([C@@H](C)[C@@H](OC)[C@H](C)C(=O)O)O3)O2)O1. The number of carboxylic acid groups (broad SMARTS) is 1. The normalized spacial score (nSPS) is 43.8. The van der Waals surface area contributed by atoms with Crippen LogP contribution in [-0.2, 0) is 28.5 Å². The minimum absolute atomic E-state index is 0.106. The second-order valence-corrected chi connectivity index (χ2v) is 16.0. The molecule has 0 aromatic carbocycles.